The number of hydrogen-bond acceptors (Lipinski definition) is 9. The van der Waals surface area contributed by atoms with Crippen LogP contribution in [-0.4, -0.2) is 116 Å². The summed E-state index contributed by atoms with van der Waals surface area (Å²) >= 11 is 0. The molecule has 0 atom stereocenters. The predicted octanol–water partition coefficient (Wildman–Crippen LogP) is 5.97. The van der Waals surface area contributed by atoms with Crippen LogP contribution in [0.3, 0.4) is 0 Å². The smallest absolute Gasteiger partial charge is 0.433 e. The van der Waals surface area contributed by atoms with Gasteiger partial charge in [-0.15, -0.1) is 11.6 Å². The second kappa shape index (κ2) is 23.7. The molecule has 1 aromatic heterocycles. The first-order valence-corrected chi connectivity index (χ1v) is 18.4. The fourth-order valence-electron chi connectivity index (χ4n) is 5.80. The Labute approximate surface area is 331 Å². The number of aryl methyl sites for hydroxylation is 2. The lowest BCUT2D eigenvalue weighted by Gasteiger charge is -2.19. The summed E-state index contributed by atoms with van der Waals surface area (Å²) in [6.07, 6.45) is 6.03. The van der Waals surface area contributed by atoms with E-state index < -0.39 is 12.8 Å². The third kappa shape index (κ3) is 13.2. The molecule has 0 bridgehead atoms. The highest BCUT2D eigenvalue weighted by Crippen LogP contribution is 2.37. The zero-order chi connectivity index (χ0) is 40.1. The fourth-order valence-corrected chi connectivity index (χ4v) is 5.80. The van der Waals surface area contributed by atoms with E-state index in [1.807, 2.05) is 75.4 Å². The van der Waals surface area contributed by atoms with Crippen LogP contribution in [0.4, 0.5) is 0 Å². The van der Waals surface area contributed by atoms with Gasteiger partial charge in [-0.2, -0.15) is 0 Å². The molecule has 0 saturated carbocycles. The molecule has 1 aliphatic heterocycles. The second-order valence-electron chi connectivity index (χ2n) is 12.6. The Morgan fingerprint density at radius 3 is 1.91 bits per heavy atom. The molecule has 0 saturated heterocycles. The molecule has 294 valence electrons. The standard InChI is InChI=1S/C44H51BN2O9/c1-33-32-39(16-9-36-10-17-40(18-11-36)56-30-29-55-28-25-52-6)46-42(33)41(37-12-14-38(15-13-37)44(48)49)43-34(2)31-35(3)47(43)45(19-7-21-53-26-23-50-4)20-8-22-54-27-24-51-5/h9-18,31-32H,21-30H2,1-6H3,(H,48,49)/b16-9+,42-41-. The molecule has 0 spiro atoms. The van der Waals surface area contributed by atoms with E-state index in [4.69, 9.17) is 38.2 Å². The number of carboxylic acids is 1. The Morgan fingerprint density at radius 2 is 1.32 bits per heavy atom. The van der Waals surface area contributed by atoms with Gasteiger partial charge in [-0.3, -0.25) is 0 Å². The number of carbonyl (C=O) groups is 1. The number of carboxylic acid groups (broad SMARTS) is 1. The summed E-state index contributed by atoms with van der Waals surface area (Å²) in [5.41, 5.74) is 8.11. The number of aromatic carboxylic acids is 1. The Bertz CT molecular complexity index is 1960. The zero-order valence-corrected chi connectivity index (χ0v) is 33.2. The lowest BCUT2D eigenvalue weighted by atomic mass is 9.63. The van der Waals surface area contributed by atoms with Crippen molar-refractivity contribution < 1.29 is 43.1 Å². The average molecular weight is 763 g/mol. The maximum absolute atomic E-state index is 11.8. The predicted molar refractivity (Wildman–Crippen MR) is 220 cm³/mol. The second-order valence-corrected chi connectivity index (χ2v) is 12.6. The van der Waals surface area contributed by atoms with E-state index in [0.717, 1.165) is 56.4 Å². The van der Waals surface area contributed by atoms with Gasteiger partial charge in [0.05, 0.1) is 63.2 Å². The van der Waals surface area contributed by atoms with Gasteiger partial charge in [0, 0.05) is 38.3 Å². The molecule has 2 heterocycles. The maximum Gasteiger partial charge on any atom is 0.433 e. The van der Waals surface area contributed by atoms with E-state index in [9.17, 15) is 9.90 Å². The van der Waals surface area contributed by atoms with Gasteiger partial charge in [-0.05, 0) is 85.5 Å². The van der Waals surface area contributed by atoms with Crippen LogP contribution in [0, 0.1) is 37.3 Å². The number of methoxy groups -OCH3 is 3. The van der Waals surface area contributed by atoms with Crippen molar-refractivity contribution in [3.63, 3.8) is 0 Å². The molecule has 1 aliphatic rings. The Balaban J connectivity index is 1.73. The molecule has 2 aromatic carbocycles. The quantitative estimate of drug-likeness (QED) is 0.0796. The van der Waals surface area contributed by atoms with Crippen LogP contribution >= 0.6 is 0 Å². The van der Waals surface area contributed by atoms with Crippen molar-refractivity contribution >= 4 is 30.2 Å². The van der Waals surface area contributed by atoms with Crippen molar-refractivity contribution in [1.82, 2.24) is 4.48 Å². The van der Waals surface area contributed by atoms with Crippen molar-refractivity contribution in [2.75, 3.05) is 87.4 Å². The van der Waals surface area contributed by atoms with Crippen molar-refractivity contribution in [2.45, 2.75) is 20.8 Å². The molecule has 1 N–H and O–H groups in total. The number of aliphatic imine (C=N–C) groups is 1. The minimum absolute atomic E-state index is 0.190. The highest BCUT2D eigenvalue weighted by molar-refractivity contribution is 6.74. The molecule has 0 fully saturated rings. The monoisotopic (exact) mass is 762 g/mol. The van der Waals surface area contributed by atoms with Gasteiger partial charge in [0.15, 0.2) is 0 Å². The Kier molecular flexibility index (Phi) is 18.4. The molecular weight excluding hydrogens is 711 g/mol. The molecular formula is C44H51BN2O9. The lowest BCUT2D eigenvalue weighted by molar-refractivity contribution is 0.0544. The summed E-state index contributed by atoms with van der Waals surface area (Å²) < 4.78 is 39.8. The van der Waals surface area contributed by atoms with Crippen LogP contribution in [-0.2, 0) is 28.4 Å². The number of hydrogen-bond donors (Lipinski definition) is 1. The molecule has 12 heteroatoms. The van der Waals surface area contributed by atoms with Crippen molar-refractivity contribution in [1.29, 1.82) is 0 Å². The van der Waals surface area contributed by atoms with Gasteiger partial charge in [-0.1, -0.05) is 42.2 Å². The first-order valence-electron chi connectivity index (χ1n) is 18.4. The molecule has 4 rings (SSSR count). The first kappa shape index (κ1) is 43.6. The summed E-state index contributed by atoms with van der Waals surface area (Å²) in [7, 11) is 4.89. The highest BCUT2D eigenvalue weighted by atomic mass is 16.5. The fraction of sp³-hybridized carbons (Fsp3) is 0.364. The number of nitrogens with zero attached hydrogens (tertiary/aromatic N) is 2. The summed E-state index contributed by atoms with van der Waals surface area (Å²) in [5, 5.41) is 9.69. The SMILES string of the molecule is COCCOCC#CB(C#CCOCCOC)n1c(C)cc(C)c1/C(=C1N=C(/C=C/c2ccc(OCCOCCOC)cc2)C=C\1C)c1ccc(C(=O)O)cc1. The van der Waals surface area contributed by atoms with E-state index in [0.29, 0.717) is 52.9 Å². The van der Waals surface area contributed by atoms with E-state index in [1.165, 1.54) is 0 Å². The summed E-state index contributed by atoms with van der Waals surface area (Å²) in [4.78, 5) is 17.0. The average Bonchev–Trinajstić information content (AvgIpc) is 3.71. The van der Waals surface area contributed by atoms with E-state index in [2.05, 4.69) is 34.0 Å². The van der Waals surface area contributed by atoms with Gasteiger partial charge in [0.1, 0.15) is 25.6 Å². The minimum atomic E-state index is -0.999. The molecule has 0 radical (unpaired) electrons. The zero-order valence-electron chi connectivity index (χ0n) is 33.2. The van der Waals surface area contributed by atoms with Crippen LogP contribution in [0.15, 0.2) is 83.0 Å². The van der Waals surface area contributed by atoms with Crippen LogP contribution < -0.4 is 4.74 Å². The summed E-state index contributed by atoms with van der Waals surface area (Å²) in [6, 6.07) is 16.8. The summed E-state index contributed by atoms with van der Waals surface area (Å²) in [5.74, 6) is 12.7. The third-order valence-electron chi connectivity index (χ3n) is 8.50. The number of benzene rings is 2. The largest absolute Gasteiger partial charge is 0.491 e. The van der Waals surface area contributed by atoms with Crippen LogP contribution in [0.25, 0.3) is 11.6 Å². The number of rotatable bonds is 21. The number of aromatic nitrogens is 1. The van der Waals surface area contributed by atoms with E-state index >= 15 is 0 Å². The summed E-state index contributed by atoms with van der Waals surface area (Å²) in [6.45, 7) is 9.78. The first-order chi connectivity index (χ1) is 27.3. The number of allylic oxidation sites excluding steroid dienone is 3. The highest BCUT2D eigenvalue weighted by Gasteiger charge is 2.27. The Hall–Kier alpha value is -5.18. The number of ether oxygens (including phenoxy) is 7. The molecule has 0 unspecified atom stereocenters. The molecule has 3 aromatic rings. The molecule has 11 nitrogen and oxygen atoms in total. The third-order valence-corrected chi connectivity index (χ3v) is 8.50. The minimum Gasteiger partial charge on any atom is -0.491 e. The lowest BCUT2D eigenvalue weighted by Crippen LogP contribution is -2.26. The van der Waals surface area contributed by atoms with Gasteiger partial charge in [0.2, 0.25) is 0 Å². The normalized spacial score (nSPS) is 13.1. The van der Waals surface area contributed by atoms with Crippen molar-refractivity contribution in [3.8, 4) is 29.2 Å². The van der Waals surface area contributed by atoms with Gasteiger partial charge in [0.25, 0.3) is 0 Å². The topological polar surface area (TPSA) is 119 Å². The van der Waals surface area contributed by atoms with E-state index in [-0.39, 0.29) is 18.8 Å². The van der Waals surface area contributed by atoms with Crippen molar-refractivity contribution in [3.05, 3.63) is 112 Å². The van der Waals surface area contributed by atoms with Crippen LogP contribution in [0.1, 0.15) is 45.4 Å². The van der Waals surface area contributed by atoms with Gasteiger partial charge in [-0.25, -0.2) is 9.79 Å². The van der Waals surface area contributed by atoms with Crippen LogP contribution in [0.2, 0.25) is 0 Å². The van der Waals surface area contributed by atoms with Crippen LogP contribution in [0.5, 0.6) is 5.75 Å². The molecule has 56 heavy (non-hydrogen) atoms. The van der Waals surface area contributed by atoms with Crippen molar-refractivity contribution in [2.24, 2.45) is 4.99 Å². The Morgan fingerprint density at radius 1 is 0.750 bits per heavy atom. The van der Waals surface area contributed by atoms with E-state index in [1.54, 1.807) is 33.5 Å². The van der Waals surface area contributed by atoms with Gasteiger partial charge < -0.3 is 42.7 Å². The maximum atomic E-state index is 11.8. The van der Waals surface area contributed by atoms with Gasteiger partial charge >= 0.3 is 12.8 Å². The molecule has 0 amide bonds. The molecule has 0 aliphatic carbocycles.